The topological polar surface area (TPSA) is 99.1 Å². The van der Waals surface area contributed by atoms with E-state index < -0.39 is 89.0 Å². The highest BCUT2D eigenvalue weighted by Crippen LogP contribution is 2.72. The fourth-order valence-corrected chi connectivity index (χ4v) is 8.47. The van der Waals surface area contributed by atoms with Crippen LogP contribution in [0, 0.1) is 28.1 Å². The lowest BCUT2D eigenvalue weighted by atomic mass is 9.44. The van der Waals surface area contributed by atoms with Crippen molar-refractivity contribution in [2.45, 2.75) is 110 Å². The SMILES string of the molecule is [2H][13C]([2H])([2H])C(C)(C)CC(=O)OCC(=O)[C@@]12OC(C)(C)O[C@@H]1C[C@H]1[C@@H]3CCC4=CC(=O)C=C[C@]4(C)[C@@]3(F)[C@@H](O)C[C@@]12C. The van der Waals surface area contributed by atoms with Crippen molar-refractivity contribution < 1.29 is 42.2 Å². The van der Waals surface area contributed by atoms with Crippen molar-refractivity contribution in [3.05, 3.63) is 23.8 Å². The number of carbonyl (C=O) groups excluding carboxylic acids is 3. The second-order valence-electron chi connectivity index (χ2n) is 13.5. The largest absolute Gasteiger partial charge is 0.458 e. The van der Waals surface area contributed by atoms with Crippen LogP contribution in [0.4, 0.5) is 4.39 Å². The molecule has 0 aromatic carbocycles. The third-order valence-corrected chi connectivity index (χ3v) is 10.00. The van der Waals surface area contributed by atoms with Gasteiger partial charge in [-0.05, 0) is 69.9 Å². The predicted octanol–water partition coefficient (Wildman–Crippen LogP) is 4.41. The smallest absolute Gasteiger partial charge is 0.306 e. The highest BCUT2D eigenvalue weighted by Gasteiger charge is 2.80. The monoisotopic (exact) mass is 536 g/mol. The standard InChI is InChI=1S/C30H41FO7/c1-25(2,3)15-24(35)36-16-22(34)30-23(37-26(4,5)38-30)13-20-19-9-8-17-12-18(32)10-11-27(17,6)29(19,31)21(33)14-28(20,30)7/h10-12,19-21,23,33H,8-9,13-16H2,1-7H3/t19-,20-,21-,23+,27-,28-,29-,30+/m0/s1/i1+1D3. The number of esters is 1. The molecule has 0 bridgehead atoms. The number of ketones is 2. The van der Waals surface area contributed by atoms with E-state index in [1.807, 2.05) is 6.92 Å². The Morgan fingerprint density at radius 1 is 1.26 bits per heavy atom. The van der Waals surface area contributed by atoms with Gasteiger partial charge in [0.1, 0.15) is 0 Å². The summed E-state index contributed by atoms with van der Waals surface area (Å²) in [6, 6.07) is 0. The molecule has 0 aromatic heterocycles. The zero-order chi connectivity index (χ0) is 30.6. The van der Waals surface area contributed by atoms with E-state index in [4.69, 9.17) is 18.3 Å². The van der Waals surface area contributed by atoms with Gasteiger partial charge in [0, 0.05) is 20.9 Å². The van der Waals surface area contributed by atoms with E-state index in [9.17, 15) is 19.5 Å². The molecule has 0 spiro atoms. The molecule has 1 N–H and O–H groups in total. The van der Waals surface area contributed by atoms with Crippen LogP contribution in [-0.4, -0.2) is 58.5 Å². The van der Waals surface area contributed by atoms with Crippen molar-refractivity contribution in [3.8, 4) is 0 Å². The lowest BCUT2D eigenvalue weighted by molar-refractivity contribution is -0.246. The minimum Gasteiger partial charge on any atom is -0.458 e. The highest BCUT2D eigenvalue weighted by molar-refractivity contribution is 6.01. The minimum absolute atomic E-state index is 0.100. The van der Waals surface area contributed by atoms with Gasteiger partial charge in [-0.25, -0.2) is 4.39 Å². The number of carbonyl (C=O) groups is 3. The molecule has 5 rings (SSSR count). The lowest BCUT2D eigenvalue weighted by Crippen LogP contribution is -2.70. The summed E-state index contributed by atoms with van der Waals surface area (Å²) in [6.45, 7) is 6.74. The van der Waals surface area contributed by atoms with Crippen LogP contribution in [-0.2, 0) is 28.6 Å². The molecule has 0 amide bonds. The molecule has 0 radical (unpaired) electrons. The first-order chi connectivity index (χ1) is 18.6. The van der Waals surface area contributed by atoms with Crippen LogP contribution < -0.4 is 0 Å². The fraction of sp³-hybridized carbons (Fsp3) is 0.767. The van der Waals surface area contributed by atoms with E-state index in [1.165, 1.54) is 26.0 Å². The van der Waals surface area contributed by atoms with Gasteiger partial charge in [-0.15, -0.1) is 0 Å². The second kappa shape index (κ2) is 8.31. The van der Waals surface area contributed by atoms with Crippen LogP contribution in [0.2, 0.25) is 0 Å². The number of aliphatic hydroxyl groups is 1. The molecular formula is C30H41FO7. The highest BCUT2D eigenvalue weighted by atomic mass is 19.1. The zero-order valence-corrected chi connectivity index (χ0v) is 23.1. The third-order valence-electron chi connectivity index (χ3n) is 10.00. The van der Waals surface area contributed by atoms with Gasteiger partial charge in [-0.1, -0.05) is 39.3 Å². The zero-order valence-electron chi connectivity index (χ0n) is 26.1. The first kappa shape index (κ1) is 23.9. The maximum absolute atomic E-state index is 17.5. The predicted molar refractivity (Wildman–Crippen MR) is 137 cm³/mol. The summed E-state index contributed by atoms with van der Waals surface area (Å²) < 4.78 is 58.5. The summed E-state index contributed by atoms with van der Waals surface area (Å²) in [5, 5.41) is 11.6. The second-order valence-corrected chi connectivity index (χ2v) is 13.5. The van der Waals surface area contributed by atoms with Crippen molar-refractivity contribution in [1.29, 1.82) is 0 Å². The Balaban J connectivity index is 1.47. The van der Waals surface area contributed by atoms with Crippen LogP contribution >= 0.6 is 0 Å². The number of aliphatic hydroxyl groups excluding tert-OH is 1. The molecule has 4 fully saturated rings. The van der Waals surface area contributed by atoms with Crippen molar-refractivity contribution in [1.82, 2.24) is 0 Å². The van der Waals surface area contributed by atoms with E-state index in [0.29, 0.717) is 24.8 Å². The number of fused-ring (bicyclic) bond motifs is 7. The van der Waals surface area contributed by atoms with Gasteiger partial charge >= 0.3 is 5.97 Å². The summed E-state index contributed by atoms with van der Waals surface area (Å²) in [5.74, 6) is -3.79. The van der Waals surface area contributed by atoms with Gasteiger partial charge in [-0.2, -0.15) is 0 Å². The Morgan fingerprint density at radius 2 is 1.97 bits per heavy atom. The molecule has 4 aliphatic carbocycles. The summed E-state index contributed by atoms with van der Waals surface area (Å²) >= 11 is 0. The van der Waals surface area contributed by atoms with Crippen molar-refractivity contribution >= 4 is 17.5 Å². The maximum atomic E-state index is 17.5. The Labute approximate surface area is 228 Å². The van der Waals surface area contributed by atoms with Gasteiger partial charge < -0.3 is 19.3 Å². The molecule has 0 unspecified atom stereocenters. The number of hydrogen-bond donors (Lipinski definition) is 1. The summed E-state index contributed by atoms with van der Waals surface area (Å²) in [6.07, 6.45) is 2.85. The summed E-state index contributed by atoms with van der Waals surface area (Å²) in [5.41, 5.74) is -6.61. The first-order valence-electron chi connectivity index (χ1n) is 15.0. The summed E-state index contributed by atoms with van der Waals surface area (Å²) in [7, 11) is 0. The number of halogens is 1. The third kappa shape index (κ3) is 3.66. The maximum Gasteiger partial charge on any atom is 0.306 e. The normalized spacial score (nSPS) is 46.5. The minimum atomic E-state index is -2.40. The first-order valence-corrected chi connectivity index (χ1v) is 13.5. The van der Waals surface area contributed by atoms with Gasteiger partial charge in [0.2, 0.25) is 5.78 Å². The molecule has 8 atom stereocenters. The lowest BCUT2D eigenvalue weighted by Gasteiger charge is -2.62. The number of allylic oxidation sites excluding steroid dienone is 4. The van der Waals surface area contributed by atoms with Crippen molar-refractivity contribution in [2.75, 3.05) is 6.61 Å². The van der Waals surface area contributed by atoms with E-state index in [-0.39, 0.29) is 12.2 Å². The number of hydrogen-bond acceptors (Lipinski definition) is 7. The van der Waals surface area contributed by atoms with E-state index in [0.717, 1.165) is 0 Å². The molecule has 3 saturated carbocycles. The Kier molecular flexibility index (Phi) is 5.23. The van der Waals surface area contributed by atoms with Gasteiger partial charge in [0.05, 0.1) is 18.6 Å². The Morgan fingerprint density at radius 3 is 2.66 bits per heavy atom. The molecule has 8 heteroatoms. The van der Waals surface area contributed by atoms with Crippen LogP contribution in [0.5, 0.6) is 0 Å². The molecular weight excluding hydrogens is 492 g/mol. The van der Waals surface area contributed by atoms with Gasteiger partial charge in [0.25, 0.3) is 0 Å². The molecule has 1 aliphatic heterocycles. The van der Waals surface area contributed by atoms with Crippen molar-refractivity contribution in [3.63, 3.8) is 0 Å². The Hall–Kier alpha value is -1.90. The quantitative estimate of drug-likeness (QED) is 0.420. The Bertz CT molecular complexity index is 1240. The summed E-state index contributed by atoms with van der Waals surface area (Å²) in [4.78, 5) is 38.9. The average Bonchev–Trinajstić information content (AvgIpc) is 3.24. The molecule has 7 nitrogen and oxygen atoms in total. The molecule has 0 aromatic rings. The molecule has 1 saturated heterocycles. The van der Waals surface area contributed by atoms with Gasteiger partial charge in [0.15, 0.2) is 29.4 Å². The van der Waals surface area contributed by atoms with Crippen LogP contribution in [0.15, 0.2) is 23.8 Å². The van der Waals surface area contributed by atoms with E-state index in [1.54, 1.807) is 26.8 Å². The molecule has 210 valence electrons. The molecule has 1 heterocycles. The van der Waals surface area contributed by atoms with E-state index >= 15 is 4.39 Å². The van der Waals surface area contributed by atoms with Crippen molar-refractivity contribution in [2.24, 2.45) is 28.1 Å². The fourth-order valence-electron chi connectivity index (χ4n) is 8.47. The number of Topliss-reactive ketones (excluding diaryl/α,β-unsaturated/α-hetero) is 1. The molecule has 38 heavy (non-hydrogen) atoms. The van der Waals surface area contributed by atoms with E-state index in [2.05, 4.69) is 0 Å². The van der Waals surface area contributed by atoms with Crippen LogP contribution in [0.25, 0.3) is 0 Å². The van der Waals surface area contributed by atoms with Crippen LogP contribution in [0.1, 0.15) is 84.6 Å². The number of alkyl halides is 1. The van der Waals surface area contributed by atoms with Gasteiger partial charge in [-0.3, -0.25) is 14.4 Å². The molecule has 5 aliphatic rings. The number of rotatable bonds is 4. The average molecular weight is 537 g/mol. The number of ether oxygens (including phenoxy) is 3. The van der Waals surface area contributed by atoms with Crippen LogP contribution in [0.3, 0.4) is 0 Å².